The van der Waals surface area contributed by atoms with Crippen LogP contribution >= 0.6 is 24.0 Å². The van der Waals surface area contributed by atoms with Gasteiger partial charge in [-0.3, -0.25) is 14.5 Å². The minimum atomic E-state index is -0.258. The van der Waals surface area contributed by atoms with Gasteiger partial charge in [0, 0.05) is 37.9 Å². The van der Waals surface area contributed by atoms with E-state index in [4.69, 9.17) is 21.4 Å². The van der Waals surface area contributed by atoms with Crippen molar-refractivity contribution in [3.8, 4) is 5.75 Å². The monoisotopic (exact) mass is 443 g/mol. The number of piperazine rings is 1. The molecule has 2 fully saturated rings. The van der Waals surface area contributed by atoms with Crippen LogP contribution in [0.3, 0.4) is 0 Å². The molecule has 0 aliphatic carbocycles. The smallest absolute Gasteiger partial charge is 0.266 e. The van der Waals surface area contributed by atoms with Crippen molar-refractivity contribution in [2.75, 3.05) is 44.7 Å². The molecule has 2 aromatic rings. The van der Waals surface area contributed by atoms with E-state index >= 15 is 0 Å². The molecule has 2 amide bonds. The number of carbonyl (C=O) groups excluding carboxylic acids is 2. The number of hydrogen-bond donors (Lipinski definition) is 0. The van der Waals surface area contributed by atoms with E-state index in [0.717, 1.165) is 24.5 Å². The van der Waals surface area contributed by atoms with Crippen LogP contribution < -0.4 is 9.64 Å². The lowest BCUT2D eigenvalue weighted by Gasteiger charge is -2.36. The molecule has 30 heavy (non-hydrogen) atoms. The number of methoxy groups -OCH3 is 1. The van der Waals surface area contributed by atoms with Gasteiger partial charge in [0.25, 0.3) is 5.91 Å². The van der Waals surface area contributed by atoms with E-state index in [2.05, 4.69) is 4.90 Å². The summed E-state index contributed by atoms with van der Waals surface area (Å²) in [6.07, 6.45) is 3.19. The SMILES string of the molecule is COc1ccc(N2CCN(C(=O)CN3C(=O)/C(=C\c4ccco4)SC3=S)CC2)cc1. The van der Waals surface area contributed by atoms with Crippen molar-refractivity contribution >= 4 is 51.9 Å². The van der Waals surface area contributed by atoms with E-state index in [-0.39, 0.29) is 18.4 Å². The van der Waals surface area contributed by atoms with E-state index in [1.54, 1.807) is 36.5 Å². The fraction of sp³-hybridized carbons (Fsp3) is 0.286. The molecule has 0 spiro atoms. The highest BCUT2D eigenvalue weighted by molar-refractivity contribution is 8.26. The first-order chi connectivity index (χ1) is 14.5. The fourth-order valence-electron chi connectivity index (χ4n) is 3.38. The van der Waals surface area contributed by atoms with E-state index < -0.39 is 0 Å². The average molecular weight is 444 g/mol. The molecule has 0 bridgehead atoms. The number of thioether (sulfide) groups is 1. The van der Waals surface area contributed by atoms with Gasteiger partial charge in [0.2, 0.25) is 5.91 Å². The number of rotatable bonds is 5. The van der Waals surface area contributed by atoms with Gasteiger partial charge in [-0.1, -0.05) is 24.0 Å². The summed E-state index contributed by atoms with van der Waals surface area (Å²) in [5.41, 5.74) is 1.10. The molecular weight excluding hydrogens is 422 g/mol. The van der Waals surface area contributed by atoms with Crippen LogP contribution in [0.25, 0.3) is 6.08 Å². The molecule has 0 saturated carbocycles. The molecule has 2 aliphatic heterocycles. The molecule has 0 unspecified atom stereocenters. The zero-order chi connectivity index (χ0) is 21.1. The van der Waals surface area contributed by atoms with Gasteiger partial charge in [-0.05, 0) is 36.4 Å². The first-order valence-electron chi connectivity index (χ1n) is 9.51. The van der Waals surface area contributed by atoms with Crippen LogP contribution in [0, 0.1) is 0 Å². The average Bonchev–Trinajstić information content (AvgIpc) is 3.38. The zero-order valence-electron chi connectivity index (χ0n) is 16.4. The van der Waals surface area contributed by atoms with Crippen LogP contribution in [0.2, 0.25) is 0 Å². The lowest BCUT2D eigenvalue weighted by atomic mass is 10.2. The molecule has 2 saturated heterocycles. The van der Waals surface area contributed by atoms with E-state index in [1.807, 2.05) is 24.3 Å². The maximum absolute atomic E-state index is 12.8. The van der Waals surface area contributed by atoms with Gasteiger partial charge in [0.05, 0.1) is 18.3 Å². The maximum atomic E-state index is 12.8. The van der Waals surface area contributed by atoms with Gasteiger partial charge in [-0.15, -0.1) is 0 Å². The van der Waals surface area contributed by atoms with Crippen molar-refractivity contribution in [1.82, 2.24) is 9.80 Å². The Morgan fingerprint density at radius 3 is 2.57 bits per heavy atom. The summed E-state index contributed by atoms with van der Waals surface area (Å²) >= 11 is 6.51. The molecule has 3 heterocycles. The van der Waals surface area contributed by atoms with Crippen LogP contribution in [-0.2, 0) is 9.59 Å². The molecule has 156 valence electrons. The molecular formula is C21H21N3O4S2. The highest BCUT2D eigenvalue weighted by atomic mass is 32.2. The van der Waals surface area contributed by atoms with Gasteiger partial charge in [-0.2, -0.15) is 0 Å². The van der Waals surface area contributed by atoms with Crippen molar-refractivity contribution in [2.45, 2.75) is 0 Å². The predicted molar refractivity (Wildman–Crippen MR) is 120 cm³/mol. The first-order valence-corrected chi connectivity index (χ1v) is 10.7. The van der Waals surface area contributed by atoms with Crippen molar-refractivity contribution < 1.29 is 18.7 Å². The summed E-state index contributed by atoms with van der Waals surface area (Å²) in [5, 5.41) is 0. The van der Waals surface area contributed by atoms with E-state index in [9.17, 15) is 9.59 Å². The molecule has 1 aromatic carbocycles. The van der Waals surface area contributed by atoms with Crippen molar-refractivity contribution in [2.24, 2.45) is 0 Å². The Labute approximate surface area is 184 Å². The molecule has 0 N–H and O–H groups in total. The Hall–Kier alpha value is -2.78. The van der Waals surface area contributed by atoms with Crippen LogP contribution in [0.5, 0.6) is 5.75 Å². The first kappa shape index (κ1) is 20.5. The number of furan rings is 1. The van der Waals surface area contributed by atoms with Gasteiger partial charge in [0.15, 0.2) is 0 Å². The van der Waals surface area contributed by atoms with Crippen molar-refractivity contribution in [3.63, 3.8) is 0 Å². The minimum absolute atomic E-state index is 0.0390. The quantitative estimate of drug-likeness (QED) is 0.520. The summed E-state index contributed by atoms with van der Waals surface area (Å²) in [5.74, 6) is 1.04. The lowest BCUT2D eigenvalue weighted by Crippen LogP contribution is -2.51. The van der Waals surface area contributed by atoms with Crippen molar-refractivity contribution in [1.29, 1.82) is 0 Å². The highest BCUT2D eigenvalue weighted by Gasteiger charge is 2.35. The number of carbonyl (C=O) groups is 2. The largest absolute Gasteiger partial charge is 0.497 e. The summed E-state index contributed by atoms with van der Waals surface area (Å²) in [7, 11) is 1.64. The Morgan fingerprint density at radius 1 is 1.20 bits per heavy atom. The second kappa shape index (κ2) is 8.93. The molecule has 2 aliphatic rings. The molecule has 0 atom stereocenters. The Bertz CT molecular complexity index is 965. The number of hydrogen-bond acceptors (Lipinski definition) is 7. The number of benzene rings is 1. The normalized spacial score (nSPS) is 18.4. The summed E-state index contributed by atoms with van der Waals surface area (Å²) in [6.45, 7) is 2.62. The Morgan fingerprint density at radius 2 is 1.93 bits per heavy atom. The van der Waals surface area contributed by atoms with Crippen molar-refractivity contribution in [3.05, 3.63) is 53.3 Å². The lowest BCUT2D eigenvalue weighted by molar-refractivity contribution is -0.135. The van der Waals surface area contributed by atoms with Gasteiger partial charge < -0.3 is 19.0 Å². The molecule has 4 rings (SSSR count). The number of anilines is 1. The third-order valence-corrected chi connectivity index (χ3v) is 6.43. The van der Waals surface area contributed by atoms with Gasteiger partial charge >= 0.3 is 0 Å². The second-order valence-corrected chi connectivity index (χ2v) is 8.52. The minimum Gasteiger partial charge on any atom is -0.497 e. The molecule has 1 aromatic heterocycles. The standard InChI is InChI=1S/C21H21N3O4S2/c1-27-16-6-4-15(5-7-16)22-8-10-23(11-9-22)19(25)14-24-20(26)18(30-21(24)29)13-17-3-2-12-28-17/h2-7,12-13H,8-11,14H2,1H3/b18-13+. The fourth-order valence-corrected chi connectivity index (χ4v) is 4.62. The Kier molecular flexibility index (Phi) is 6.10. The van der Waals surface area contributed by atoms with Crippen LogP contribution in [0.15, 0.2) is 52.0 Å². The van der Waals surface area contributed by atoms with Crippen LogP contribution in [-0.4, -0.2) is 65.8 Å². The van der Waals surface area contributed by atoms with Crippen LogP contribution in [0.1, 0.15) is 5.76 Å². The molecule has 7 nitrogen and oxygen atoms in total. The number of thiocarbonyl (C=S) groups is 1. The van der Waals surface area contributed by atoms with Crippen LogP contribution in [0.4, 0.5) is 5.69 Å². The molecule has 9 heteroatoms. The number of nitrogens with zero attached hydrogens (tertiary/aromatic N) is 3. The third kappa shape index (κ3) is 4.36. The summed E-state index contributed by atoms with van der Waals surface area (Å²) in [6, 6.07) is 11.4. The van der Waals surface area contributed by atoms with E-state index in [1.165, 1.54) is 16.7 Å². The van der Waals surface area contributed by atoms with Gasteiger partial charge in [-0.25, -0.2) is 0 Å². The maximum Gasteiger partial charge on any atom is 0.266 e. The Balaban J connectivity index is 1.33. The third-order valence-electron chi connectivity index (χ3n) is 5.05. The zero-order valence-corrected chi connectivity index (χ0v) is 18.1. The number of amides is 2. The highest BCUT2D eigenvalue weighted by Crippen LogP contribution is 2.32. The predicted octanol–water partition coefficient (Wildman–Crippen LogP) is 2.84. The van der Waals surface area contributed by atoms with E-state index in [0.29, 0.717) is 28.1 Å². The summed E-state index contributed by atoms with van der Waals surface area (Å²) < 4.78 is 10.8. The molecule has 0 radical (unpaired) electrons. The number of ether oxygens (including phenoxy) is 1. The second-order valence-electron chi connectivity index (χ2n) is 6.85. The topological polar surface area (TPSA) is 66.2 Å². The van der Waals surface area contributed by atoms with Gasteiger partial charge in [0.1, 0.15) is 22.4 Å². The summed E-state index contributed by atoms with van der Waals surface area (Å²) in [4.78, 5) is 31.3.